The Labute approximate surface area is 193 Å². The van der Waals surface area contributed by atoms with E-state index in [1.54, 1.807) is 0 Å². The van der Waals surface area contributed by atoms with Gasteiger partial charge in [-0.1, -0.05) is 25.2 Å². The molecule has 32 heavy (non-hydrogen) atoms. The predicted molar refractivity (Wildman–Crippen MR) is 122 cm³/mol. The van der Waals surface area contributed by atoms with E-state index in [9.17, 15) is 4.79 Å². The van der Waals surface area contributed by atoms with Crippen LogP contribution in [0.3, 0.4) is 0 Å². The minimum absolute atomic E-state index is 0.344. The fourth-order valence-corrected chi connectivity index (χ4v) is 4.74. The first kappa shape index (κ1) is 25.4. The van der Waals surface area contributed by atoms with Crippen molar-refractivity contribution in [2.45, 2.75) is 116 Å². The molecule has 8 heteroatoms. The van der Waals surface area contributed by atoms with Crippen LogP contribution in [0.25, 0.3) is 0 Å². The van der Waals surface area contributed by atoms with Crippen LogP contribution in [0, 0.1) is 11.5 Å². The first-order chi connectivity index (χ1) is 14.7. The van der Waals surface area contributed by atoms with Gasteiger partial charge >= 0.3 is 5.97 Å². The van der Waals surface area contributed by atoms with E-state index in [2.05, 4.69) is 31.1 Å². The van der Waals surface area contributed by atoms with Gasteiger partial charge in [-0.2, -0.15) is 0 Å². The van der Waals surface area contributed by atoms with Gasteiger partial charge < -0.3 is 28.4 Å². The molecule has 3 rings (SSSR count). The molecule has 0 aromatic carbocycles. The fourth-order valence-electron chi connectivity index (χ4n) is 4.08. The molecule has 3 heterocycles. The molecule has 0 N–H and O–H groups in total. The molecule has 0 aliphatic carbocycles. The molecule has 3 aliphatic rings. The third-order valence-electron chi connectivity index (χ3n) is 5.48. The molecule has 0 aromatic heterocycles. The van der Waals surface area contributed by atoms with Crippen LogP contribution in [0.1, 0.15) is 54.4 Å². The summed E-state index contributed by atoms with van der Waals surface area (Å²) in [6.07, 6.45) is -1.59. The molecule has 3 saturated heterocycles. The monoisotopic (exact) mass is 466 g/mol. The van der Waals surface area contributed by atoms with E-state index >= 15 is 0 Å². The second-order valence-electron chi connectivity index (χ2n) is 10.8. The van der Waals surface area contributed by atoms with Gasteiger partial charge in [0.05, 0.1) is 6.61 Å². The third-order valence-corrected chi connectivity index (χ3v) is 6.41. The molecule has 0 amide bonds. The third kappa shape index (κ3) is 6.22. The summed E-state index contributed by atoms with van der Waals surface area (Å²) in [7, 11) is -1.44. The molecule has 0 radical (unpaired) electrons. The molecule has 0 aromatic rings. The Balaban J connectivity index is 1.74. The Morgan fingerprint density at radius 3 is 2.28 bits per heavy atom. The van der Waals surface area contributed by atoms with Gasteiger partial charge in [0, 0.05) is 12.0 Å². The van der Waals surface area contributed by atoms with Gasteiger partial charge in [-0.3, -0.25) is 0 Å². The first-order valence-electron chi connectivity index (χ1n) is 11.4. The number of rotatable bonds is 5. The molecule has 0 bridgehead atoms. The number of ether oxygens (including phenoxy) is 6. The molecule has 180 valence electrons. The largest absolute Gasteiger partial charge is 0.453 e. The second-order valence-corrected chi connectivity index (χ2v) is 15.6. The molecule has 7 nitrogen and oxygen atoms in total. The van der Waals surface area contributed by atoms with Crippen molar-refractivity contribution in [3.8, 4) is 11.5 Å². The standard InChI is InChI=1S/C24H38O7Si/c1-15(2)16(12-10-11-13-32(7,8)9)21(25)27-19-18(17-14-26-23(3,4)29-17)28-22-20(19)30-24(5,6)31-22/h17-20,22H,10,12,14H2,1-9H3/t17-,18-,19-,20-,22-/m1/s1. The molecule has 0 unspecified atom stereocenters. The van der Waals surface area contributed by atoms with Crippen molar-refractivity contribution in [3.63, 3.8) is 0 Å². The van der Waals surface area contributed by atoms with Crippen LogP contribution in [0.4, 0.5) is 0 Å². The lowest BCUT2D eigenvalue weighted by atomic mass is 10.0. The van der Waals surface area contributed by atoms with Gasteiger partial charge in [-0.15, -0.1) is 11.5 Å². The van der Waals surface area contributed by atoms with Crippen molar-refractivity contribution < 1.29 is 33.2 Å². The minimum Gasteiger partial charge on any atom is -0.453 e. The van der Waals surface area contributed by atoms with Crippen LogP contribution < -0.4 is 0 Å². The number of fused-ring (bicyclic) bond motifs is 1. The van der Waals surface area contributed by atoms with E-state index < -0.39 is 44.3 Å². The number of hydrogen-bond acceptors (Lipinski definition) is 7. The average molecular weight is 467 g/mol. The molecule has 3 aliphatic heterocycles. The van der Waals surface area contributed by atoms with E-state index in [0.717, 1.165) is 5.57 Å². The Morgan fingerprint density at radius 2 is 1.72 bits per heavy atom. The molecule has 3 fully saturated rings. The summed E-state index contributed by atoms with van der Waals surface area (Å²) >= 11 is 0. The summed E-state index contributed by atoms with van der Waals surface area (Å²) < 4.78 is 35.8. The Morgan fingerprint density at radius 1 is 1.03 bits per heavy atom. The first-order valence-corrected chi connectivity index (χ1v) is 14.9. The molecular weight excluding hydrogens is 428 g/mol. The lowest BCUT2D eigenvalue weighted by Crippen LogP contribution is -2.45. The van der Waals surface area contributed by atoms with Crippen LogP contribution in [0.15, 0.2) is 11.1 Å². The minimum atomic E-state index is -1.44. The SMILES string of the molecule is CC(C)=C(CCC#C[Si](C)(C)C)C(=O)O[C@H]1[C@H]2OC(C)(C)O[C@H]2O[C@@H]1[C@H]1COC(C)(C)O1. The molecule has 0 saturated carbocycles. The summed E-state index contributed by atoms with van der Waals surface area (Å²) in [6.45, 7) is 18.1. The van der Waals surface area contributed by atoms with Crippen molar-refractivity contribution in [2.75, 3.05) is 6.61 Å². The van der Waals surface area contributed by atoms with Gasteiger partial charge in [0.25, 0.3) is 0 Å². The van der Waals surface area contributed by atoms with Crippen LogP contribution >= 0.6 is 0 Å². The highest BCUT2D eigenvalue weighted by Crippen LogP contribution is 2.42. The number of carbonyl (C=O) groups is 1. The maximum Gasteiger partial charge on any atom is 0.334 e. The number of esters is 1. The lowest BCUT2D eigenvalue weighted by Gasteiger charge is -2.29. The Hall–Kier alpha value is -1.21. The van der Waals surface area contributed by atoms with Crippen molar-refractivity contribution in [1.29, 1.82) is 0 Å². The highest BCUT2D eigenvalue weighted by Gasteiger charge is 2.60. The summed E-state index contributed by atoms with van der Waals surface area (Å²) in [4.78, 5) is 13.2. The van der Waals surface area contributed by atoms with Gasteiger partial charge in [0.2, 0.25) is 0 Å². The van der Waals surface area contributed by atoms with Crippen LogP contribution in [0.2, 0.25) is 19.6 Å². The van der Waals surface area contributed by atoms with E-state index in [-0.39, 0.29) is 12.1 Å². The highest BCUT2D eigenvalue weighted by molar-refractivity contribution is 6.83. The quantitative estimate of drug-likeness (QED) is 0.263. The van der Waals surface area contributed by atoms with Gasteiger partial charge in [-0.25, -0.2) is 4.79 Å². The topological polar surface area (TPSA) is 72.5 Å². The zero-order valence-corrected chi connectivity index (χ0v) is 21.9. The smallest absolute Gasteiger partial charge is 0.334 e. The zero-order chi connectivity index (χ0) is 23.9. The maximum absolute atomic E-state index is 13.2. The summed E-state index contributed by atoms with van der Waals surface area (Å²) in [5, 5.41) is 0. The van der Waals surface area contributed by atoms with Crippen LogP contribution in [-0.4, -0.2) is 62.9 Å². The van der Waals surface area contributed by atoms with Crippen molar-refractivity contribution >= 4 is 14.0 Å². The number of hydrogen-bond donors (Lipinski definition) is 0. The summed E-state index contributed by atoms with van der Waals surface area (Å²) in [5.74, 6) is 1.33. The van der Waals surface area contributed by atoms with Crippen molar-refractivity contribution in [2.24, 2.45) is 0 Å². The number of allylic oxidation sites excluding steroid dienone is 1. The van der Waals surface area contributed by atoms with Gasteiger partial charge in [0.15, 0.2) is 30.1 Å². The van der Waals surface area contributed by atoms with E-state index in [1.807, 2.05) is 41.5 Å². The van der Waals surface area contributed by atoms with Crippen molar-refractivity contribution in [1.82, 2.24) is 0 Å². The summed E-state index contributed by atoms with van der Waals surface area (Å²) in [5.41, 5.74) is 4.90. The van der Waals surface area contributed by atoms with Crippen molar-refractivity contribution in [3.05, 3.63) is 11.1 Å². The molecular formula is C24H38O7Si. The molecule has 5 atom stereocenters. The predicted octanol–water partition coefficient (Wildman–Crippen LogP) is 3.92. The zero-order valence-electron chi connectivity index (χ0n) is 20.9. The van der Waals surface area contributed by atoms with Crippen LogP contribution in [-0.2, 0) is 33.2 Å². The maximum atomic E-state index is 13.2. The highest BCUT2D eigenvalue weighted by atomic mass is 28.3. The lowest BCUT2D eigenvalue weighted by molar-refractivity contribution is -0.235. The second kappa shape index (κ2) is 9.20. The fraction of sp³-hybridized carbons (Fsp3) is 0.792. The van der Waals surface area contributed by atoms with E-state index in [0.29, 0.717) is 25.0 Å². The normalized spacial score (nSPS) is 32.7. The Kier molecular flexibility index (Phi) is 7.31. The van der Waals surface area contributed by atoms with Gasteiger partial charge in [0.1, 0.15) is 20.3 Å². The molecule has 0 spiro atoms. The number of carbonyl (C=O) groups excluding carboxylic acids is 1. The van der Waals surface area contributed by atoms with E-state index in [1.165, 1.54) is 0 Å². The van der Waals surface area contributed by atoms with E-state index in [4.69, 9.17) is 28.4 Å². The Bertz CT molecular complexity index is 810. The average Bonchev–Trinajstić information content (AvgIpc) is 3.23. The van der Waals surface area contributed by atoms with Gasteiger partial charge in [-0.05, 0) is 48.0 Å². The van der Waals surface area contributed by atoms with Crippen LogP contribution in [0.5, 0.6) is 0 Å². The summed E-state index contributed by atoms with van der Waals surface area (Å²) in [6, 6.07) is 0.